The fourth-order valence-electron chi connectivity index (χ4n) is 0.200. The van der Waals surface area contributed by atoms with Crippen LogP contribution in [0, 0.1) is 0 Å². The van der Waals surface area contributed by atoms with Crippen molar-refractivity contribution >= 4 is 6.72 Å². The Bertz CT molecular complexity index is 40.8. The maximum absolute atomic E-state index is 3.61. The first kappa shape index (κ1) is 5.63. The van der Waals surface area contributed by atoms with Gasteiger partial charge in [-0.1, -0.05) is 0 Å². The molecule has 0 amide bonds. The summed E-state index contributed by atoms with van der Waals surface area (Å²) in [4.78, 5) is 5.56. The summed E-state index contributed by atoms with van der Waals surface area (Å²) in [5, 5.41) is 0. The van der Waals surface area contributed by atoms with Gasteiger partial charge in [0.25, 0.3) is 0 Å². The molecule has 0 fully saturated rings. The molecule has 0 radical (unpaired) electrons. The van der Waals surface area contributed by atoms with Crippen LogP contribution in [0.1, 0.15) is 0 Å². The summed E-state index contributed by atoms with van der Waals surface area (Å²) in [7, 11) is 3.91. The monoisotopic (exact) mass is 86.1 g/mol. The molecule has 0 aromatic carbocycles. The largest absolute Gasteiger partial charge is 0.291 e. The van der Waals surface area contributed by atoms with Gasteiger partial charge in [-0.3, -0.25) is 9.89 Å². The number of rotatable bonds is 2. The van der Waals surface area contributed by atoms with Crippen LogP contribution in [0.3, 0.4) is 0 Å². The van der Waals surface area contributed by atoms with E-state index in [1.165, 1.54) is 0 Å². The smallest absolute Gasteiger partial charge is 0.0897 e. The molecule has 0 aliphatic rings. The minimum atomic E-state index is 0.722. The Hall–Kier alpha value is -0.370. The Labute approximate surface area is 38.5 Å². The minimum Gasteiger partial charge on any atom is -0.291 e. The van der Waals surface area contributed by atoms with E-state index in [4.69, 9.17) is 0 Å². The van der Waals surface area contributed by atoms with E-state index in [1.54, 1.807) is 0 Å². The van der Waals surface area contributed by atoms with Gasteiger partial charge in [-0.05, 0) is 20.8 Å². The molecule has 0 atom stereocenters. The topological polar surface area (TPSA) is 15.6 Å². The lowest BCUT2D eigenvalue weighted by Crippen LogP contribution is -2.09. The summed E-state index contributed by atoms with van der Waals surface area (Å²) in [5.74, 6) is 0. The zero-order valence-corrected chi connectivity index (χ0v) is 4.31. The molecule has 0 aliphatic heterocycles. The molecule has 0 saturated heterocycles. The standard InChI is InChI=1S/C4H10N2/c1-5-4-6(2)3/h1,4H2,2-3H3. The van der Waals surface area contributed by atoms with Gasteiger partial charge in [0, 0.05) is 0 Å². The summed E-state index contributed by atoms with van der Waals surface area (Å²) in [6, 6.07) is 0. The zero-order chi connectivity index (χ0) is 4.99. The molecule has 0 N–H and O–H groups in total. The third kappa shape index (κ3) is 3.63. The average molecular weight is 86.1 g/mol. The normalized spacial score (nSPS) is 9.17. The van der Waals surface area contributed by atoms with Gasteiger partial charge in [-0.2, -0.15) is 0 Å². The predicted octanol–water partition coefficient (Wildman–Crippen LogP) is 0.206. The molecular formula is C4H10N2. The highest BCUT2D eigenvalue weighted by molar-refractivity contribution is 5.22. The van der Waals surface area contributed by atoms with Crippen LogP contribution in [0.15, 0.2) is 4.99 Å². The summed E-state index contributed by atoms with van der Waals surface area (Å²) in [5.41, 5.74) is 0. The fourth-order valence-corrected chi connectivity index (χ4v) is 0.200. The van der Waals surface area contributed by atoms with Gasteiger partial charge >= 0.3 is 0 Å². The second-order valence-corrected chi connectivity index (χ2v) is 1.44. The lowest BCUT2D eigenvalue weighted by Gasteiger charge is -2.00. The third-order valence-corrected chi connectivity index (χ3v) is 0.383. The molecule has 0 bridgehead atoms. The molecule has 0 aromatic rings. The van der Waals surface area contributed by atoms with Gasteiger partial charge < -0.3 is 0 Å². The van der Waals surface area contributed by atoms with Crippen LogP contribution in [-0.4, -0.2) is 32.4 Å². The van der Waals surface area contributed by atoms with Crippen molar-refractivity contribution in [2.24, 2.45) is 4.99 Å². The van der Waals surface area contributed by atoms with Gasteiger partial charge in [0.05, 0.1) is 6.67 Å². The average Bonchev–Trinajstić information content (AvgIpc) is 1.35. The van der Waals surface area contributed by atoms with E-state index in [-0.39, 0.29) is 0 Å². The Morgan fingerprint density at radius 1 is 1.67 bits per heavy atom. The Balaban J connectivity index is 2.81. The van der Waals surface area contributed by atoms with Crippen molar-refractivity contribution in [2.75, 3.05) is 20.8 Å². The van der Waals surface area contributed by atoms with E-state index < -0.39 is 0 Å². The highest BCUT2D eigenvalue weighted by Gasteiger charge is 1.76. The maximum Gasteiger partial charge on any atom is 0.0897 e. The van der Waals surface area contributed by atoms with Gasteiger partial charge in [0.2, 0.25) is 0 Å². The first-order valence-electron chi connectivity index (χ1n) is 1.84. The molecule has 0 saturated carbocycles. The molecule has 6 heavy (non-hydrogen) atoms. The molecule has 2 heteroatoms. The van der Waals surface area contributed by atoms with E-state index in [0.717, 1.165) is 6.67 Å². The molecule has 0 rings (SSSR count). The van der Waals surface area contributed by atoms with E-state index in [9.17, 15) is 0 Å². The maximum atomic E-state index is 3.61. The van der Waals surface area contributed by atoms with Crippen LogP contribution in [-0.2, 0) is 0 Å². The Kier molecular flexibility index (Phi) is 2.67. The number of nitrogens with zero attached hydrogens (tertiary/aromatic N) is 2. The predicted molar refractivity (Wildman–Crippen MR) is 28.1 cm³/mol. The molecule has 0 spiro atoms. The van der Waals surface area contributed by atoms with Crippen LogP contribution in [0.5, 0.6) is 0 Å². The highest BCUT2D eigenvalue weighted by atomic mass is 15.1. The molecule has 36 valence electrons. The second kappa shape index (κ2) is 2.85. The molecule has 0 aliphatic carbocycles. The lowest BCUT2D eigenvalue weighted by atomic mass is 10.9. The second-order valence-electron chi connectivity index (χ2n) is 1.44. The number of hydrogen-bond donors (Lipinski definition) is 0. The molecule has 0 heterocycles. The lowest BCUT2D eigenvalue weighted by molar-refractivity contribution is 0.425. The third-order valence-electron chi connectivity index (χ3n) is 0.383. The van der Waals surface area contributed by atoms with Crippen LogP contribution < -0.4 is 0 Å². The van der Waals surface area contributed by atoms with Crippen molar-refractivity contribution < 1.29 is 0 Å². The first-order chi connectivity index (χ1) is 2.77. The van der Waals surface area contributed by atoms with E-state index in [1.807, 2.05) is 19.0 Å². The molecule has 0 unspecified atom stereocenters. The van der Waals surface area contributed by atoms with Crippen molar-refractivity contribution in [1.82, 2.24) is 4.90 Å². The fraction of sp³-hybridized carbons (Fsp3) is 0.750. The first-order valence-corrected chi connectivity index (χ1v) is 1.84. The quantitative estimate of drug-likeness (QED) is 0.438. The van der Waals surface area contributed by atoms with Crippen molar-refractivity contribution in [3.05, 3.63) is 0 Å². The van der Waals surface area contributed by atoms with Crippen LogP contribution in [0.2, 0.25) is 0 Å². The van der Waals surface area contributed by atoms with Gasteiger partial charge in [-0.15, -0.1) is 0 Å². The van der Waals surface area contributed by atoms with Crippen molar-refractivity contribution in [1.29, 1.82) is 0 Å². The minimum absolute atomic E-state index is 0.722. The summed E-state index contributed by atoms with van der Waals surface area (Å²) in [6.07, 6.45) is 0. The zero-order valence-electron chi connectivity index (χ0n) is 4.31. The van der Waals surface area contributed by atoms with Crippen LogP contribution >= 0.6 is 0 Å². The summed E-state index contributed by atoms with van der Waals surface area (Å²) >= 11 is 0. The molecule has 0 aromatic heterocycles. The van der Waals surface area contributed by atoms with Gasteiger partial charge in [-0.25, -0.2) is 0 Å². The van der Waals surface area contributed by atoms with Gasteiger partial charge in [0.1, 0.15) is 0 Å². The SMILES string of the molecule is C=NCN(C)C. The van der Waals surface area contributed by atoms with E-state index in [0.29, 0.717) is 0 Å². The van der Waals surface area contributed by atoms with Crippen LogP contribution in [0.25, 0.3) is 0 Å². The Morgan fingerprint density at radius 2 is 2.17 bits per heavy atom. The summed E-state index contributed by atoms with van der Waals surface area (Å²) < 4.78 is 0. The van der Waals surface area contributed by atoms with Crippen molar-refractivity contribution in [2.45, 2.75) is 0 Å². The molecular weight excluding hydrogens is 76.1 g/mol. The van der Waals surface area contributed by atoms with E-state index in [2.05, 4.69) is 11.7 Å². The van der Waals surface area contributed by atoms with Gasteiger partial charge in [0.15, 0.2) is 0 Å². The number of hydrogen-bond acceptors (Lipinski definition) is 2. The van der Waals surface area contributed by atoms with Crippen LogP contribution in [0.4, 0.5) is 0 Å². The number of aliphatic imine (C=N–C) groups is 1. The summed E-state index contributed by atoms with van der Waals surface area (Å²) in [6.45, 7) is 4.03. The van der Waals surface area contributed by atoms with Crippen molar-refractivity contribution in [3.63, 3.8) is 0 Å². The van der Waals surface area contributed by atoms with E-state index >= 15 is 0 Å². The Morgan fingerprint density at radius 3 is 2.17 bits per heavy atom. The molecule has 2 nitrogen and oxygen atoms in total. The highest BCUT2D eigenvalue weighted by Crippen LogP contribution is 1.68. The van der Waals surface area contributed by atoms with Crippen molar-refractivity contribution in [3.8, 4) is 0 Å².